The molecule has 3 N–H and O–H groups in total. The Hall–Kier alpha value is -1.35. The molecule has 6 nitrogen and oxygen atoms in total. The molecule has 0 aliphatic carbocycles. The van der Waals surface area contributed by atoms with Crippen LogP contribution < -0.4 is 16.0 Å². The van der Waals surface area contributed by atoms with Crippen LogP contribution in [0.5, 0.6) is 0 Å². The van der Waals surface area contributed by atoms with Gasteiger partial charge >= 0.3 is 0 Å². The maximum absolute atomic E-state index is 12.0. The number of rotatable bonds is 6. The lowest BCUT2D eigenvalue weighted by molar-refractivity contribution is -0.116. The highest BCUT2D eigenvalue weighted by molar-refractivity contribution is 14.0. The Morgan fingerprint density at radius 2 is 2.07 bits per heavy atom. The fourth-order valence-corrected chi connectivity index (χ4v) is 4.13. The zero-order valence-corrected chi connectivity index (χ0v) is 19.4. The van der Waals surface area contributed by atoms with Crippen LogP contribution in [0.15, 0.2) is 29.3 Å². The van der Waals surface area contributed by atoms with Gasteiger partial charge in [0.05, 0.1) is 6.54 Å². The third-order valence-corrected chi connectivity index (χ3v) is 5.58. The van der Waals surface area contributed by atoms with Crippen molar-refractivity contribution in [3.8, 4) is 0 Å². The van der Waals surface area contributed by atoms with E-state index < -0.39 is 0 Å². The number of nitrogens with one attached hydrogen (secondary N) is 3. The van der Waals surface area contributed by atoms with Gasteiger partial charge in [-0.15, -0.1) is 24.0 Å². The number of amides is 1. The second kappa shape index (κ2) is 11.6. The van der Waals surface area contributed by atoms with Gasteiger partial charge in [-0.3, -0.25) is 14.7 Å². The Morgan fingerprint density at radius 1 is 1.25 bits per heavy atom. The summed E-state index contributed by atoms with van der Waals surface area (Å²) < 4.78 is 0. The second-order valence-electron chi connectivity index (χ2n) is 7.42. The van der Waals surface area contributed by atoms with E-state index in [1.54, 1.807) is 0 Å². The summed E-state index contributed by atoms with van der Waals surface area (Å²) in [5, 5.41) is 9.78. The Balaban J connectivity index is 0.00000280. The monoisotopic (exact) mass is 499 g/mol. The van der Waals surface area contributed by atoms with Crippen molar-refractivity contribution >= 4 is 41.5 Å². The molecule has 1 saturated heterocycles. The highest BCUT2D eigenvalue weighted by atomic mass is 127. The first kappa shape index (κ1) is 22.9. The quantitative estimate of drug-likeness (QED) is 0.320. The number of carbonyl (C=O) groups excluding carboxylic acids is 1. The summed E-state index contributed by atoms with van der Waals surface area (Å²) >= 11 is 0. The molecule has 1 amide bonds. The molecule has 2 heterocycles. The van der Waals surface area contributed by atoms with E-state index in [-0.39, 0.29) is 35.8 Å². The van der Waals surface area contributed by atoms with E-state index in [9.17, 15) is 4.79 Å². The molecule has 28 heavy (non-hydrogen) atoms. The van der Waals surface area contributed by atoms with E-state index in [2.05, 4.69) is 40.8 Å². The number of hydrogen-bond acceptors (Lipinski definition) is 3. The Morgan fingerprint density at radius 3 is 2.86 bits per heavy atom. The molecule has 2 aliphatic rings. The molecule has 2 atom stereocenters. The fourth-order valence-electron chi connectivity index (χ4n) is 4.13. The zero-order chi connectivity index (χ0) is 19.1. The van der Waals surface area contributed by atoms with E-state index in [0.717, 1.165) is 31.3 Å². The number of anilines is 1. The number of halogens is 1. The molecular weight excluding hydrogens is 465 g/mol. The fraction of sp³-hybridized carbons (Fsp3) is 0.619. The molecule has 1 aromatic carbocycles. The van der Waals surface area contributed by atoms with Gasteiger partial charge < -0.3 is 16.0 Å². The highest BCUT2D eigenvalue weighted by Gasteiger charge is 2.25. The summed E-state index contributed by atoms with van der Waals surface area (Å²) in [5.74, 6) is 1.10. The van der Waals surface area contributed by atoms with Gasteiger partial charge in [0.25, 0.3) is 0 Å². The minimum absolute atomic E-state index is 0. The van der Waals surface area contributed by atoms with Crippen molar-refractivity contribution < 1.29 is 4.79 Å². The molecule has 0 saturated carbocycles. The number of hydrogen-bond donors (Lipinski definition) is 3. The van der Waals surface area contributed by atoms with Gasteiger partial charge in [0.1, 0.15) is 0 Å². The minimum atomic E-state index is 0. The van der Waals surface area contributed by atoms with Gasteiger partial charge in [0.2, 0.25) is 5.91 Å². The number of para-hydroxylation sites is 1. The second-order valence-corrected chi connectivity index (χ2v) is 7.42. The first-order valence-electron chi connectivity index (χ1n) is 10.4. The molecule has 0 radical (unpaired) electrons. The van der Waals surface area contributed by atoms with Gasteiger partial charge in [0.15, 0.2) is 5.96 Å². The van der Waals surface area contributed by atoms with Crippen molar-refractivity contribution in [2.45, 2.75) is 51.5 Å². The van der Waals surface area contributed by atoms with Gasteiger partial charge in [-0.25, -0.2) is 0 Å². The third kappa shape index (κ3) is 6.07. The topological polar surface area (TPSA) is 68.8 Å². The van der Waals surface area contributed by atoms with E-state index in [4.69, 9.17) is 4.99 Å². The average Bonchev–Trinajstić information content (AvgIpc) is 2.70. The van der Waals surface area contributed by atoms with E-state index in [1.807, 2.05) is 18.2 Å². The Kier molecular flexibility index (Phi) is 9.50. The zero-order valence-electron chi connectivity index (χ0n) is 17.0. The lowest BCUT2D eigenvalue weighted by atomic mass is 9.90. The van der Waals surface area contributed by atoms with Crippen LogP contribution in [0.25, 0.3) is 0 Å². The highest BCUT2D eigenvalue weighted by Crippen LogP contribution is 2.31. The van der Waals surface area contributed by atoms with Crippen molar-refractivity contribution in [2.24, 2.45) is 4.99 Å². The molecule has 1 fully saturated rings. The van der Waals surface area contributed by atoms with Crippen LogP contribution in [0.4, 0.5) is 5.69 Å². The molecule has 0 bridgehead atoms. The van der Waals surface area contributed by atoms with Gasteiger partial charge in [-0.05, 0) is 44.5 Å². The maximum Gasteiger partial charge on any atom is 0.225 e. The number of guanidine groups is 1. The number of fused-ring (bicyclic) bond motifs is 1. The lowest BCUT2D eigenvalue weighted by Gasteiger charge is -2.34. The van der Waals surface area contributed by atoms with Crippen molar-refractivity contribution in [2.75, 3.05) is 38.0 Å². The Labute approximate surface area is 186 Å². The van der Waals surface area contributed by atoms with Crippen molar-refractivity contribution in [3.63, 3.8) is 0 Å². The normalized spacial score (nSPS) is 22.6. The molecular formula is C21H34IN5O. The molecule has 7 heteroatoms. The van der Waals surface area contributed by atoms with Crippen molar-refractivity contribution in [1.82, 2.24) is 15.5 Å². The number of nitrogens with zero attached hydrogens (tertiary/aromatic N) is 2. The molecule has 156 valence electrons. The van der Waals surface area contributed by atoms with Crippen LogP contribution in [0.1, 0.15) is 51.0 Å². The number of carbonyl (C=O) groups is 1. The van der Waals surface area contributed by atoms with E-state index in [0.29, 0.717) is 19.0 Å². The van der Waals surface area contributed by atoms with Crippen LogP contribution in [-0.4, -0.2) is 55.5 Å². The first-order valence-corrected chi connectivity index (χ1v) is 10.4. The molecule has 2 aliphatic heterocycles. The first-order chi connectivity index (χ1) is 13.2. The standard InChI is InChI=1S/C21H33N5O.HI/c1-3-22-21(24-15-17-9-7-8-12-26(17)4-2)23-14-16-13-20(27)25-19-11-6-5-10-18(16)19;/h5-6,10-11,16-17H,3-4,7-9,12-15H2,1-2H3,(H,25,27)(H2,22,23,24);1H. The van der Waals surface area contributed by atoms with Gasteiger partial charge in [-0.2, -0.15) is 0 Å². The number of benzene rings is 1. The number of piperidine rings is 1. The molecule has 1 aromatic rings. The number of likely N-dealkylation sites (tertiary alicyclic amines) is 1. The summed E-state index contributed by atoms with van der Waals surface area (Å²) in [6, 6.07) is 8.61. The molecule has 2 unspecified atom stereocenters. The van der Waals surface area contributed by atoms with Crippen LogP contribution in [0, 0.1) is 0 Å². The van der Waals surface area contributed by atoms with Crippen molar-refractivity contribution in [1.29, 1.82) is 0 Å². The Bertz CT molecular complexity index is 666. The van der Waals surface area contributed by atoms with Crippen LogP contribution in [-0.2, 0) is 4.79 Å². The average molecular weight is 499 g/mol. The van der Waals surface area contributed by atoms with E-state index >= 15 is 0 Å². The minimum Gasteiger partial charge on any atom is -0.357 e. The summed E-state index contributed by atoms with van der Waals surface area (Å²) in [5.41, 5.74) is 2.13. The lowest BCUT2D eigenvalue weighted by Crippen LogP contribution is -2.44. The summed E-state index contributed by atoms with van der Waals surface area (Å²) in [6.07, 6.45) is 4.34. The predicted molar refractivity (Wildman–Crippen MR) is 127 cm³/mol. The van der Waals surface area contributed by atoms with Gasteiger partial charge in [-0.1, -0.05) is 31.5 Å². The van der Waals surface area contributed by atoms with Crippen LogP contribution in [0.3, 0.4) is 0 Å². The maximum atomic E-state index is 12.0. The SMILES string of the molecule is CCNC(=NCC1CCCCN1CC)NCC1CC(=O)Nc2ccccc21.I. The molecule has 0 aromatic heterocycles. The molecule has 3 rings (SSSR count). The molecule has 0 spiro atoms. The summed E-state index contributed by atoms with van der Waals surface area (Å²) in [4.78, 5) is 19.4. The largest absolute Gasteiger partial charge is 0.357 e. The summed E-state index contributed by atoms with van der Waals surface area (Å²) in [6.45, 7) is 8.96. The number of likely N-dealkylation sites (N-methyl/N-ethyl adjacent to an activating group) is 1. The van der Waals surface area contributed by atoms with E-state index in [1.165, 1.54) is 31.4 Å². The predicted octanol–water partition coefficient (Wildman–Crippen LogP) is 3.16. The van der Waals surface area contributed by atoms with Crippen LogP contribution in [0.2, 0.25) is 0 Å². The number of aliphatic imine (C=N–C) groups is 1. The third-order valence-electron chi connectivity index (χ3n) is 5.58. The van der Waals surface area contributed by atoms with Gasteiger partial charge in [0, 0.05) is 37.2 Å². The summed E-state index contributed by atoms with van der Waals surface area (Å²) in [7, 11) is 0. The van der Waals surface area contributed by atoms with Crippen molar-refractivity contribution in [3.05, 3.63) is 29.8 Å². The van der Waals surface area contributed by atoms with Crippen LogP contribution >= 0.6 is 24.0 Å². The smallest absolute Gasteiger partial charge is 0.225 e.